The summed E-state index contributed by atoms with van der Waals surface area (Å²) in [4.78, 5) is 28.1. The molecule has 0 spiro atoms. The van der Waals surface area contributed by atoms with E-state index in [0.29, 0.717) is 24.3 Å². The van der Waals surface area contributed by atoms with E-state index in [4.69, 9.17) is 46.4 Å². The van der Waals surface area contributed by atoms with Crippen LogP contribution >= 0.6 is 46.4 Å². The van der Waals surface area contributed by atoms with Crippen molar-refractivity contribution in [3.05, 3.63) is 115 Å². The predicted octanol–water partition coefficient (Wildman–Crippen LogP) is 7.56. The van der Waals surface area contributed by atoms with Crippen LogP contribution in [-0.2, 0) is 13.1 Å². The third-order valence-electron chi connectivity index (χ3n) is 5.81. The molecule has 0 radical (unpaired) electrons. The van der Waals surface area contributed by atoms with Gasteiger partial charge in [-0.05, 0) is 54.1 Å². The molecule has 1 aliphatic rings. The number of rotatable bonds is 3. The molecule has 0 atom stereocenters. The summed E-state index contributed by atoms with van der Waals surface area (Å²) in [6.07, 6.45) is 2.01. The molecule has 1 aromatic heterocycles. The van der Waals surface area contributed by atoms with Gasteiger partial charge in [-0.1, -0.05) is 64.6 Å². The highest BCUT2D eigenvalue weighted by Crippen LogP contribution is 2.33. The Morgan fingerprint density at radius 1 is 0.829 bits per heavy atom. The van der Waals surface area contributed by atoms with Gasteiger partial charge in [0, 0.05) is 34.7 Å². The number of hydrogen-bond donors (Lipinski definition) is 1. The van der Waals surface area contributed by atoms with Crippen LogP contribution in [0.15, 0.2) is 72.9 Å². The van der Waals surface area contributed by atoms with E-state index in [9.17, 15) is 9.59 Å². The molecule has 2 amide bonds. The topological polar surface area (TPSA) is 54.3 Å². The molecule has 1 aliphatic heterocycles. The average molecular weight is 545 g/mol. The Labute approximate surface area is 221 Å². The average Bonchev–Trinajstić information content (AvgIpc) is 3.21. The Morgan fingerprint density at radius 2 is 1.63 bits per heavy atom. The second-order valence-electron chi connectivity index (χ2n) is 8.05. The number of halogens is 4. The molecule has 0 bridgehead atoms. The first-order valence-electron chi connectivity index (χ1n) is 10.6. The molecule has 3 aromatic carbocycles. The molecule has 9 heteroatoms. The van der Waals surface area contributed by atoms with Crippen molar-refractivity contribution in [1.82, 2.24) is 4.57 Å². The molecular weight excluding hydrogens is 528 g/mol. The van der Waals surface area contributed by atoms with Gasteiger partial charge in [0.2, 0.25) is 0 Å². The summed E-state index contributed by atoms with van der Waals surface area (Å²) in [6.45, 7) is 1.11. The lowest BCUT2D eigenvalue weighted by atomic mass is 10.1. The van der Waals surface area contributed by atoms with Crippen LogP contribution in [0.5, 0.6) is 0 Å². The first kappa shape index (κ1) is 23.8. The fourth-order valence-corrected chi connectivity index (χ4v) is 5.00. The quantitative estimate of drug-likeness (QED) is 0.270. The molecule has 35 heavy (non-hydrogen) atoms. The minimum atomic E-state index is -0.525. The van der Waals surface area contributed by atoms with Gasteiger partial charge < -0.3 is 14.8 Å². The molecule has 0 unspecified atom stereocenters. The zero-order valence-corrected chi connectivity index (χ0v) is 21.1. The third kappa shape index (κ3) is 4.65. The van der Waals surface area contributed by atoms with Gasteiger partial charge in [0.25, 0.3) is 11.8 Å². The molecule has 176 valence electrons. The lowest BCUT2D eigenvalue weighted by Crippen LogP contribution is -2.30. The lowest BCUT2D eigenvalue weighted by molar-refractivity contribution is 0.0983. The van der Waals surface area contributed by atoms with Crippen LogP contribution in [-0.4, -0.2) is 16.4 Å². The van der Waals surface area contributed by atoms with Crippen molar-refractivity contribution in [1.29, 1.82) is 0 Å². The van der Waals surface area contributed by atoms with Gasteiger partial charge in [-0.15, -0.1) is 0 Å². The van der Waals surface area contributed by atoms with Gasteiger partial charge in [0.15, 0.2) is 0 Å². The Morgan fingerprint density at radius 3 is 2.43 bits per heavy atom. The third-order valence-corrected chi connectivity index (χ3v) is 7.15. The number of amides is 2. The highest BCUT2D eigenvalue weighted by Gasteiger charge is 2.25. The van der Waals surface area contributed by atoms with Crippen LogP contribution in [0.2, 0.25) is 20.1 Å². The van der Waals surface area contributed by atoms with Crippen molar-refractivity contribution in [3.63, 3.8) is 0 Å². The number of nitrogens with one attached hydrogen (secondary N) is 1. The molecule has 0 aliphatic carbocycles. The second kappa shape index (κ2) is 9.59. The number of hydrogen-bond acceptors (Lipinski definition) is 2. The number of fused-ring (bicyclic) bond motifs is 2. The van der Waals surface area contributed by atoms with Crippen LogP contribution in [0, 0.1) is 0 Å². The highest BCUT2D eigenvalue weighted by atomic mass is 35.5. The van der Waals surface area contributed by atoms with E-state index in [-0.39, 0.29) is 31.6 Å². The van der Waals surface area contributed by atoms with Gasteiger partial charge in [-0.3, -0.25) is 9.59 Å². The van der Waals surface area contributed by atoms with Crippen molar-refractivity contribution >= 4 is 69.6 Å². The van der Waals surface area contributed by atoms with Crippen LogP contribution in [0.4, 0.5) is 11.4 Å². The van der Waals surface area contributed by atoms with Crippen molar-refractivity contribution in [2.45, 2.75) is 13.1 Å². The highest BCUT2D eigenvalue weighted by molar-refractivity contribution is 6.45. The molecule has 2 heterocycles. The molecule has 4 aromatic rings. The van der Waals surface area contributed by atoms with Crippen LogP contribution in [0.3, 0.4) is 0 Å². The molecule has 1 N–H and O–H groups in total. The summed E-state index contributed by atoms with van der Waals surface area (Å²) < 4.78 is 2.13. The van der Waals surface area contributed by atoms with E-state index in [1.54, 1.807) is 23.1 Å². The minimum absolute atomic E-state index is 0.0843. The smallest absolute Gasteiger partial charge is 0.258 e. The van der Waals surface area contributed by atoms with E-state index >= 15 is 0 Å². The number of para-hydroxylation sites is 1. The standard InChI is InChI=1S/C26H17Cl4N3O2/c27-17-11-19(24(30)21(29)12-17)25(34)31-22-8-7-15(10-20(22)28)26(35)33-14-18-5-3-9-32(18)13-16-4-1-2-6-23(16)33/h1-12H,13-14H2,(H,31,34). The second-order valence-corrected chi connectivity index (χ2v) is 9.67. The normalized spacial score (nSPS) is 12.5. The zero-order valence-electron chi connectivity index (χ0n) is 18.1. The van der Waals surface area contributed by atoms with Gasteiger partial charge in [-0.25, -0.2) is 0 Å². The molecule has 5 nitrogen and oxygen atoms in total. The van der Waals surface area contributed by atoms with Crippen molar-refractivity contribution < 1.29 is 9.59 Å². The summed E-state index contributed by atoms with van der Waals surface area (Å²) in [6, 6.07) is 19.4. The number of carbonyl (C=O) groups is 2. The number of aromatic nitrogens is 1. The number of nitrogens with zero attached hydrogens (tertiary/aromatic N) is 2. The fourth-order valence-electron chi connectivity index (χ4n) is 4.08. The summed E-state index contributed by atoms with van der Waals surface area (Å²) in [5.41, 5.74) is 3.76. The number of benzene rings is 3. The molecule has 5 rings (SSSR count). The maximum absolute atomic E-state index is 13.6. The first-order chi connectivity index (χ1) is 16.8. The maximum atomic E-state index is 13.6. The lowest BCUT2D eigenvalue weighted by Gasteiger charge is -2.23. The van der Waals surface area contributed by atoms with Crippen molar-refractivity contribution in [2.24, 2.45) is 0 Å². The van der Waals surface area contributed by atoms with Crippen LogP contribution in [0.25, 0.3) is 0 Å². The van der Waals surface area contributed by atoms with E-state index < -0.39 is 5.91 Å². The SMILES string of the molecule is O=C(Nc1ccc(C(=O)N2Cc3cccn3Cc3ccccc32)cc1Cl)c1cc(Cl)cc(Cl)c1Cl. The van der Waals surface area contributed by atoms with Crippen LogP contribution in [0.1, 0.15) is 32.0 Å². The Balaban J connectivity index is 1.43. The van der Waals surface area contributed by atoms with Gasteiger partial charge in [-0.2, -0.15) is 0 Å². The van der Waals surface area contributed by atoms with Gasteiger partial charge in [0.05, 0.1) is 32.9 Å². The minimum Gasteiger partial charge on any atom is -0.345 e. The largest absolute Gasteiger partial charge is 0.345 e. The number of carbonyl (C=O) groups excluding carboxylic acids is 2. The molecule has 0 saturated heterocycles. The van der Waals surface area contributed by atoms with Gasteiger partial charge in [0.1, 0.15) is 0 Å². The molecular formula is C26H17Cl4N3O2. The summed E-state index contributed by atoms with van der Waals surface area (Å²) >= 11 is 24.7. The fraction of sp³-hybridized carbons (Fsp3) is 0.0769. The Kier molecular flexibility index (Phi) is 6.51. The number of anilines is 2. The summed E-state index contributed by atoms with van der Waals surface area (Å²) in [7, 11) is 0. The van der Waals surface area contributed by atoms with Crippen LogP contribution < -0.4 is 10.2 Å². The van der Waals surface area contributed by atoms with E-state index in [2.05, 4.69) is 9.88 Å². The van der Waals surface area contributed by atoms with Crippen molar-refractivity contribution in [3.8, 4) is 0 Å². The summed E-state index contributed by atoms with van der Waals surface area (Å²) in [5.74, 6) is -0.723. The first-order valence-corrected chi connectivity index (χ1v) is 12.1. The summed E-state index contributed by atoms with van der Waals surface area (Å²) in [5, 5.41) is 3.44. The maximum Gasteiger partial charge on any atom is 0.258 e. The Bertz CT molecular complexity index is 1480. The predicted molar refractivity (Wildman–Crippen MR) is 141 cm³/mol. The zero-order chi connectivity index (χ0) is 24.7. The van der Waals surface area contributed by atoms with Crippen molar-refractivity contribution in [2.75, 3.05) is 10.2 Å². The Hall–Kier alpha value is -2.96. The van der Waals surface area contributed by atoms with E-state index in [0.717, 1.165) is 16.9 Å². The monoisotopic (exact) mass is 543 g/mol. The molecule has 0 fully saturated rings. The van der Waals surface area contributed by atoms with E-state index in [1.807, 2.05) is 42.6 Å². The molecule has 0 saturated carbocycles. The van der Waals surface area contributed by atoms with Gasteiger partial charge >= 0.3 is 0 Å². The van der Waals surface area contributed by atoms with E-state index in [1.165, 1.54) is 12.1 Å².